The first kappa shape index (κ1) is 14.7. The Kier molecular flexibility index (Phi) is 4.13. The number of aliphatic hydroxyl groups is 1. The smallest absolute Gasteiger partial charge is 0.387 e. The predicted molar refractivity (Wildman–Crippen MR) is 73.3 cm³/mol. The number of halogens is 2. The third-order valence-electron chi connectivity index (χ3n) is 4.69. The maximum Gasteiger partial charge on any atom is 0.387 e. The van der Waals surface area contributed by atoms with E-state index < -0.39 is 12.7 Å². The molecular formula is C16H20F2O3. The Hall–Kier alpha value is -1.20. The maximum absolute atomic E-state index is 12.1. The Morgan fingerprint density at radius 3 is 2.52 bits per heavy atom. The zero-order valence-electron chi connectivity index (χ0n) is 11.8. The van der Waals surface area contributed by atoms with E-state index in [0.717, 1.165) is 31.2 Å². The highest BCUT2D eigenvalue weighted by Crippen LogP contribution is 2.47. The molecule has 1 heterocycles. The van der Waals surface area contributed by atoms with Gasteiger partial charge in [-0.15, -0.1) is 0 Å². The van der Waals surface area contributed by atoms with Crippen LogP contribution < -0.4 is 4.74 Å². The van der Waals surface area contributed by atoms with Gasteiger partial charge in [-0.3, -0.25) is 0 Å². The molecule has 0 radical (unpaired) electrons. The summed E-state index contributed by atoms with van der Waals surface area (Å²) in [6, 6.07) is 6.27. The Balaban J connectivity index is 1.65. The van der Waals surface area contributed by atoms with E-state index in [9.17, 15) is 13.9 Å². The monoisotopic (exact) mass is 298 g/mol. The second-order valence-corrected chi connectivity index (χ2v) is 6.03. The molecule has 0 aromatic heterocycles. The van der Waals surface area contributed by atoms with Gasteiger partial charge in [-0.05, 0) is 55.7 Å². The van der Waals surface area contributed by atoms with Gasteiger partial charge in [0.2, 0.25) is 0 Å². The first-order valence-electron chi connectivity index (χ1n) is 7.45. The fraction of sp³-hybridized carbons (Fsp3) is 0.625. The van der Waals surface area contributed by atoms with Crippen molar-refractivity contribution in [3.05, 3.63) is 29.8 Å². The summed E-state index contributed by atoms with van der Waals surface area (Å²) in [5.41, 5.74) is 0.737. The number of alkyl halides is 2. The third kappa shape index (κ3) is 3.19. The molecule has 3 rings (SSSR count). The normalized spacial score (nSPS) is 25.6. The van der Waals surface area contributed by atoms with E-state index in [1.54, 1.807) is 12.1 Å². The van der Waals surface area contributed by atoms with Gasteiger partial charge in [-0.1, -0.05) is 12.1 Å². The lowest BCUT2D eigenvalue weighted by Gasteiger charge is -2.48. The molecule has 1 aliphatic carbocycles. The lowest BCUT2D eigenvalue weighted by molar-refractivity contribution is -0.157. The van der Waals surface area contributed by atoms with Crippen LogP contribution in [0.5, 0.6) is 5.75 Å². The lowest BCUT2D eigenvalue weighted by Crippen LogP contribution is -2.46. The van der Waals surface area contributed by atoms with Crippen molar-refractivity contribution in [1.29, 1.82) is 0 Å². The molecular weight excluding hydrogens is 278 g/mol. The number of aliphatic hydroxyl groups excluding tert-OH is 1. The second kappa shape index (κ2) is 5.89. The molecule has 0 bridgehead atoms. The minimum Gasteiger partial charge on any atom is -0.435 e. The zero-order valence-corrected chi connectivity index (χ0v) is 11.8. The van der Waals surface area contributed by atoms with Crippen LogP contribution in [0, 0.1) is 5.92 Å². The molecule has 2 unspecified atom stereocenters. The van der Waals surface area contributed by atoms with Crippen LogP contribution in [0.3, 0.4) is 0 Å². The van der Waals surface area contributed by atoms with E-state index in [-0.39, 0.29) is 17.3 Å². The van der Waals surface area contributed by atoms with Crippen molar-refractivity contribution in [2.24, 2.45) is 5.92 Å². The standard InChI is InChI=1S/C16H20F2O3/c17-15(18)21-13-4-2-11(3-5-13)14(19)12-6-9-20-16(10-12)7-1-8-16/h2-5,12,14-15,19H,1,6-10H2. The third-order valence-corrected chi connectivity index (χ3v) is 4.69. The Bertz CT molecular complexity index is 471. The highest BCUT2D eigenvalue weighted by Gasteiger charge is 2.44. The van der Waals surface area contributed by atoms with Crippen molar-refractivity contribution >= 4 is 0 Å². The maximum atomic E-state index is 12.1. The highest BCUT2D eigenvalue weighted by molar-refractivity contribution is 5.29. The molecule has 2 fully saturated rings. The fourth-order valence-corrected chi connectivity index (χ4v) is 3.37. The molecule has 1 saturated carbocycles. The first-order valence-corrected chi connectivity index (χ1v) is 7.45. The van der Waals surface area contributed by atoms with Crippen LogP contribution >= 0.6 is 0 Å². The van der Waals surface area contributed by atoms with Crippen LogP contribution in [0.25, 0.3) is 0 Å². The van der Waals surface area contributed by atoms with Crippen molar-refractivity contribution in [2.75, 3.05) is 6.61 Å². The van der Waals surface area contributed by atoms with E-state index in [2.05, 4.69) is 4.74 Å². The van der Waals surface area contributed by atoms with Crippen molar-refractivity contribution in [3.8, 4) is 5.75 Å². The molecule has 1 N–H and O–H groups in total. The van der Waals surface area contributed by atoms with Crippen molar-refractivity contribution in [1.82, 2.24) is 0 Å². The summed E-state index contributed by atoms with van der Waals surface area (Å²) in [5.74, 6) is 0.282. The largest absolute Gasteiger partial charge is 0.435 e. The van der Waals surface area contributed by atoms with Gasteiger partial charge in [0.25, 0.3) is 0 Å². The van der Waals surface area contributed by atoms with Gasteiger partial charge in [0.05, 0.1) is 11.7 Å². The van der Waals surface area contributed by atoms with Gasteiger partial charge in [0.15, 0.2) is 0 Å². The Morgan fingerprint density at radius 2 is 1.95 bits per heavy atom. The molecule has 3 nitrogen and oxygen atoms in total. The van der Waals surface area contributed by atoms with Crippen molar-refractivity contribution < 1.29 is 23.4 Å². The molecule has 116 valence electrons. The molecule has 1 aliphatic heterocycles. The summed E-state index contributed by atoms with van der Waals surface area (Å²) in [4.78, 5) is 0. The van der Waals surface area contributed by atoms with Gasteiger partial charge < -0.3 is 14.6 Å². The van der Waals surface area contributed by atoms with E-state index in [1.807, 2.05) is 0 Å². The van der Waals surface area contributed by atoms with Crippen LogP contribution in [0.2, 0.25) is 0 Å². The van der Waals surface area contributed by atoms with Crippen LogP contribution in [0.1, 0.15) is 43.8 Å². The van der Waals surface area contributed by atoms with Gasteiger partial charge in [-0.25, -0.2) is 0 Å². The van der Waals surface area contributed by atoms with Crippen LogP contribution in [0.15, 0.2) is 24.3 Å². The SMILES string of the molecule is OC(c1ccc(OC(F)F)cc1)C1CCOC2(CCC2)C1. The molecule has 21 heavy (non-hydrogen) atoms. The van der Waals surface area contributed by atoms with Crippen LogP contribution in [-0.4, -0.2) is 23.9 Å². The summed E-state index contributed by atoms with van der Waals surface area (Å²) in [6.45, 7) is -2.14. The summed E-state index contributed by atoms with van der Waals surface area (Å²) in [6.07, 6.45) is 4.49. The number of benzene rings is 1. The predicted octanol–water partition coefficient (Wildman–Crippen LogP) is 3.67. The average molecular weight is 298 g/mol. The number of hydrogen-bond acceptors (Lipinski definition) is 3. The minimum atomic E-state index is -2.82. The minimum absolute atomic E-state index is 0.0113. The molecule has 5 heteroatoms. The summed E-state index contributed by atoms with van der Waals surface area (Å²) >= 11 is 0. The van der Waals surface area contributed by atoms with Crippen LogP contribution in [0.4, 0.5) is 8.78 Å². The van der Waals surface area contributed by atoms with Gasteiger partial charge >= 0.3 is 6.61 Å². The van der Waals surface area contributed by atoms with E-state index in [0.29, 0.717) is 6.61 Å². The van der Waals surface area contributed by atoms with Gasteiger partial charge in [-0.2, -0.15) is 8.78 Å². The molecule has 1 saturated heterocycles. The number of rotatable bonds is 4. The number of ether oxygens (including phenoxy) is 2. The topological polar surface area (TPSA) is 38.7 Å². The van der Waals surface area contributed by atoms with E-state index in [1.165, 1.54) is 18.6 Å². The van der Waals surface area contributed by atoms with E-state index in [4.69, 9.17) is 4.74 Å². The Labute approximate surface area is 122 Å². The van der Waals surface area contributed by atoms with Crippen molar-refractivity contribution in [2.45, 2.75) is 50.4 Å². The van der Waals surface area contributed by atoms with Gasteiger partial charge in [0.1, 0.15) is 5.75 Å². The molecule has 1 spiro atoms. The van der Waals surface area contributed by atoms with E-state index >= 15 is 0 Å². The fourth-order valence-electron chi connectivity index (χ4n) is 3.37. The average Bonchev–Trinajstić information content (AvgIpc) is 2.45. The van der Waals surface area contributed by atoms with Crippen molar-refractivity contribution in [3.63, 3.8) is 0 Å². The highest BCUT2D eigenvalue weighted by atomic mass is 19.3. The zero-order chi connectivity index (χ0) is 14.9. The first-order chi connectivity index (χ1) is 10.1. The molecule has 2 atom stereocenters. The summed E-state index contributed by atoms with van der Waals surface area (Å²) < 4.78 is 34.4. The molecule has 1 aromatic carbocycles. The second-order valence-electron chi connectivity index (χ2n) is 6.03. The molecule has 0 amide bonds. The Morgan fingerprint density at radius 1 is 1.24 bits per heavy atom. The molecule has 2 aliphatic rings. The summed E-state index contributed by atoms with van der Waals surface area (Å²) in [5, 5.41) is 10.5. The molecule has 1 aromatic rings. The van der Waals surface area contributed by atoms with Crippen LogP contribution in [-0.2, 0) is 4.74 Å². The van der Waals surface area contributed by atoms with Gasteiger partial charge in [0, 0.05) is 6.61 Å². The summed E-state index contributed by atoms with van der Waals surface area (Å²) in [7, 11) is 0. The lowest BCUT2D eigenvalue weighted by atomic mass is 9.70. The quantitative estimate of drug-likeness (QED) is 0.921. The number of hydrogen-bond donors (Lipinski definition) is 1.